The van der Waals surface area contributed by atoms with Crippen molar-refractivity contribution in [2.24, 2.45) is 0 Å². The molecule has 0 spiro atoms. The molecule has 0 aliphatic carbocycles. The Balaban J connectivity index is 3.04. The fourth-order valence-electron chi connectivity index (χ4n) is 0.853. The van der Waals surface area contributed by atoms with Gasteiger partial charge in [-0.3, -0.25) is 0 Å². The molecule has 1 atom stereocenters. The van der Waals surface area contributed by atoms with Gasteiger partial charge in [0.15, 0.2) is 0 Å². The van der Waals surface area contributed by atoms with Crippen LogP contribution in [0.4, 0.5) is 4.39 Å². The molecule has 0 aromatic heterocycles. The molecule has 1 aromatic rings. The zero-order valence-corrected chi connectivity index (χ0v) is 8.44. The van der Waals surface area contributed by atoms with Crippen LogP contribution in [-0.2, 0) is 0 Å². The highest BCUT2D eigenvalue weighted by molar-refractivity contribution is 9.10. The van der Waals surface area contributed by atoms with Crippen molar-refractivity contribution in [3.63, 3.8) is 0 Å². The van der Waals surface area contributed by atoms with E-state index in [-0.39, 0.29) is 11.7 Å². The molecule has 0 saturated carbocycles. The fourth-order valence-corrected chi connectivity index (χ4v) is 1.53. The summed E-state index contributed by atoms with van der Waals surface area (Å²) in [6.07, 6.45) is -0.822. The zero-order valence-electron chi connectivity index (χ0n) is 6.10. The predicted molar refractivity (Wildman–Crippen MR) is 49.8 cm³/mol. The fraction of sp³-hybridized carbons (Fsp3) is 0.250. The van der Waals surface area contributed by atoms with Crippen LogP contribution in [0, 0.1) is 5.82 Å². The number of alkyl halides is 1. The molecule has 0 aliphatic heterocycles. The third-order valence-corrected chi connectivity index (χ3v) is 2.48. The van der Waals surface area contributed by atoms with Crippen LogP contribution in [0.2, 0.25) is 0 Å². The lowest BCUT2D eigenvalue weighted by Gasteiger charge is -2.08. The standard InChI is InChI=1S/C8H7BrClFO/c9-7-2-1-5(11)3-6(7)8(12)4-10/h1-3,8,12H,4H2. The molecule has 12 heavy (non-hydrogen) atoms. The predicted octanol–water partition coefficient (Wildman–Crippen LogP) is 2.86. The lowest BCUT2D eigenvalue weighted by atomic mass is 10.1. The molecule has 1 nitrogen and oxygen atoms in total. The number of aliphatic hydroxyl groups is 1. The van der Waals surface area contributed by atoms with E-state index in [0.717, 1.165) is 0 Å². The summed E-state index contributed by atoms with van der Waals surface area (Å²) in [6, 6.07) is 4.12. The second-order valence-corrected chi connectivity index (χ2v) is 3.50. The average molecular weight is 253 g/mol. The van der Waals surface area contributed by atoms with Crippen LogP contribution in [0.25, 0.3) is 0 Å². The summed E-state index contributed by atoms with van der Waals surface area (Å²) < 4.78 is 13.3. The van der Waals surface area contributed by atoms with E-state index >= 15 is 0 Å². The number of hydrogen-bond donors (Lipinski definition) is 1. The highest BCUT2D eigenvalue weighted by atomic mass is 79.9. The molecule has 1 aromatic carbocycles. The van der Waals surface area contributed by atoms with Crippen LogP contribution in [0.3, 0.4) is 0 Å². The van der Waals surface area contributed by atoms with Crippen LogP contribution in [0.5, 0.6) is 0 Å². The minimum absolute atomic E-state index is 0.0576. The second kappa shape index (κ2) is 4.21. The molecule has 0 radical (unpaired) electrons. The molecule has 0 aliphatic rings. The molecular formula is C8H7BrClFO. The first-order valence-electron chi connectivity index (χ1n) is 3.34. The number of halogens is 3. The third kappa shape index (κ3) is 2.19. The van der Waals surface area contributed by atoms with Gasteiger partial charge in [-0.25, -0.2) is 4.39 Å². The van der Waals surface area contributed by atoms with Gasteiger partial charge in [-0.2, -0.15) is 0 Å². The van der Waals surface area contributed by atoms with Gasteiger partial charge in [0.1, 0.15) is 5.82 Å². The van der Waals surface area contributed by atoms with Gasteiger partial charge >= 0.3 is 0 Å². The van der Waals surface area contributed by atoms with Crippen LogP contribution >= 0.6 is 27.5 Å². The Morgan fingerprint density at radius 3 is 2.83 bits per heavy atom. The van der Waals surface area contributed by atoms with E-state index in [1.165, 1.54) is 12.1 Å². The molecule has 66 valence electrons. The molecule has 1 unspecified atom stereocenters. The molecule has 4 heteroatoms. The maximum atomic E-state index is 12.7. The lowest BCUT2D eigenvalue weighted by Crippen LogP contribution is -2.00. The van der Waals surface area contributed by atoms with Gasteiger partial charge in [-0.05, 0) is 23.8 Å². The van der Waals surface area contributed by atoms with Crippen LogP contribution in [0.1, 0.15) is 11.7 Å². The van der Waals surface area contributed by atoms with Crippen molar-refractivity contribution in [2.45, 2.75) is 6.10 Å². The Labute approximate surface area is 83.3 Å². The second-order valence-electron chi connectivity index (χ2n) is 2.34. The number of benzene rings is 1. The van der Waals surface area contributed by atoms with Gasteiger partial charge in [0.25, 0.3) is 0 Å². The highest BCUT2D eigenvalue weighted by Crippen LogP contribution is 2.24. The normalized spacial score (nSPS) is 13.0. The largest absolute Gasteiger partial charge is 0.387 e. The van der Waals surface area contributed by atoms with Gasteiger partial charge in [0.2, 0.25) is 0 Å². The summed E-state index contributed by atoms with van der Waals surface area (Å²) in [4.78, 5) is 0. The zero-order chi connectivity index (χ0) is 9.14. The van der Waals surface area contributed by atoms with Crippen molar-refractivity contribution >= 4 is 27.5 Å². The molecule has 0 fully saturated rings. The van der Waals surface area contributed by atoms with Crippen molar-refractivity contribution in [1.29, 1.82) is 0 Å². The minimum Gasteiger partial charge on any atom is -0.387 e. The van der Waals surface area contributed by atoms with E-state index in [1.54, 1.807) is 6.07 Å². The van der Waals surface area contributed by atoms with E-state index in [9.17, 15) is 9.50 Å². The molecule has 1 rings (SSSR count). The van der Waals surface area contributed by atoms with E-state index in [2.05, 4.69) is 15.9 Å². The monoisotopic (exact) mass is 252 g/mol. The van der Waals surface area contributed by atoms with Crippen molar-refractivity contribution < 1.29 is 9.50 Å². The lowest BCUT2D eigenvalue weighted by molar-refractivity contribution is 0.201. The summed E-state index contributed by atoms with van der Waals surface area (Å²) in [5, 5.41) is 9.31. The summed E-state index contributed by atoms with van der Waals surface area (Å²) in [6.45, 7) is 0. The van der Waals surface area contributed by atoms with E-state index in [1.807, 2.05) is 0 Å². The van der Waals surface area contributed by atoms with Gasteiger partial charge in [-0.15, -0.1) is 11.6 Å². The summed E-state index contributed by atoms with van der Waals surface area (Å²) in [5.41, 5.74) is 0.477. The van der Waals surface area contributed by atoms with Crippen molar-refractivity contribution in [1.82, 2.24) is 0 Å². The maximum Gasteiger partial charge on any atom is 0.123 e. The Hall–Kier alpha value is -0.120. The number of aliphatic hydroxyl groups excluding tert-OH is 1. The molecule has 1 N–H and O–H groups in total. The highest BCUT2D eigenvalue weighted by Gasteiger charge is 2.10. The number of rotatable bonds is 2. The van der Waals surface area contributed by atoms with Gasteiger partial charge in [0.05, 0.1) is 12.0 Å². The Kier molecular flexibility index (Phi) is 3.50. The quantitative estimate of drug-likeness (QED) is 0.804. The molecular weight excluding hydrogens is 246 g/mol. The van der Waals surface area contributed by atoms with E-state index in [0.29, 0.717) is 10.0 Å². The van der Waals surface area contributed by atoms with Gasteiger partial charge < -0.3 is 5.11 Å². The minimum atomic E-state index is -0.822. The van der Waals surface area contributed by atoms with Crippen molar-refractivity contribution in [2.75, 3.05) is 5.88 Å². The topological polar surface area (TPSA) is 20.2 Å². The van der Waals surface area contributed by atoms with E-state index < -0.39 is 6.10 Å². The Morgan fingerprint density at radius 1 is 1.58 bits per heavy atom. The smallest absolute Gasteiger partial charge is 0.123 e. The molecule has 0 bridgehead atoms. The summed E-state index contributed by atoms with van der Waals surface area (Å²) >= 11 is 8.60. The summed E-state index contributed by atoms with van der Waals surface area (Å²) in [5.74, 6) is -0.320. The van der Waals surface area contributed by atoms with E-state index in [4.69, 9.17) is 11.6 Å². The first kappa shape index (κ1) is 9.96. The summed E-state index contributed by atoms with van der Waals surface area (Å²) in [7, 11) is 0. The molecule has 0 saturated heterocycles. The van der Waals surface area contributed by atoms with Gasteiger partial charge in [0, 0.05) is 4.47 Å². The van der Waals surface area contributed by atoms with Crippen LogP contribution in [-0.4, -0.2) is 11.0 Å². The van der Waals surface area contributed by atoms with Gasteiger partial charge in [-0.1, -0.05) is 15.9 Å². The van der Waals surface area contributed by atoms with Crippen molar-refractivity contribution in [3.05, 3.63) is 34.1 Å². The number of hydrogen-bond acceptors (Lipinski definition) is 1. The Morgan fingerprint density at radius 2 is 2.25 bits per heavy atom. The average Bonchev–Trinajstić information content (AvgIpc) is 2.08. The first-order chi connectivity index (χ1) is 5.65. The SMILES string of the molecule is OC(CCl)c1cc(F)ccc1Br. The first-order valence-corrected chi connectivity index (χ1v) is 4.67. The van der Waals surface area contributed by atoms with Crippen LogP contribution < -0.4 is 0 Å². The van der Waals surface area contributed by atoms with Crippen LogP contribution in [0.15, 0.2) is 22.7 Å². The third-order valence-electron chi connectivity index (χ3n) is 1.46. The Bertz CT molecular complexity index is 280. The molecule has 0 heterocycles. The molecule has 0 amide bonds. The maximum absolute atomic E-state index is 12.7. The van der Waals surface area contributed by atoms with Crippen molar-refractivity contribution in [3.8, 4) is 0 Å².